The summed E-state index contributed by atoms with van der Waals surface area (Å²) in [7, 11) is 0. The van der Waals surface area contributed by atoms with Gasteiger partial charge in [-0.1, -0.05) is 31.8 Å². The zero-order valence-corrected chi connectivity index (χ0v) is 13.8. The van der Waals surface area contributed by atoms with Gasteiger partial charge in [0.15, 0.2) is 5.84 Å². The molecule has 0 saturated carbocycles. The minimum absolute atomic E-state index is 0.00561. The zero-order valence-electron chi connectivity index (χ0n) is 13.0. The van der Waals surface area contributed by atoms with Gasteiger partial charge in [0.2, 0.25) is 5.91 Å². The highest BCUT2D eigenvalue weighted by Gasteiger charge is 2.41. The van der Waals surface area contributed by atoms with Crippen molar-refractivity contribution in [3.63, 3.8) is 0 Å². The van der Waals surface area contributed by atoms with Crippen LogP contribution >= 0.6 is 11.3 Å². The molecule has 0 aliphatic rings. The first kappa shape index (κ1) is 17.5. The van der Waals surface area contributed by atoms with Gasteiger partial charge in [-0.05, 0) is 31.9 Å². The number of nitrogens with zero attached hydrogens (tertiary/aromatic N) is 1. The number of hydrogen-bond donors (Lipinski definition) is 3. The minimum Gasteiger partial charge on any atom is -0.409 e. The van der Waals surface area contributed by atoms with Gasteiger partial charge < -0.3 is 16.3 Å². The molecule has 1 heterocycles. The van der Waals surface area contributed by atoms with Gasteiger partial charge in [0.25, 0.3) is 0 Å². The molecular formula is C15H25N3O2S. The summed E-state index contributed by atoms with van der Waals surface area (Å²) in [6, 6.07) is 4.03. The van der Waals surface area contributed by atoms with Crippen molar-refractivity contribution in [3.8, 4) is 0 Å². The monoisotopic (exact) mass is 311 g/mol. The average Bonchev–Trinajstić information content (AvgIpc) is 2.89. The lowest BCUT2D eigenvalue weighted by molar-refractivity contribution is -0.128. The van der Waals surface area contributed by atoms with Crippen LogP contribution in [0, 0.1) is 12.3 Å². The van der Waals surface area contributed by atoms with E-state index in [1.165, 1.54) is 4.88 Å². The number of carbonyl (C=O) groups is 1. The van der Waals surface area contributed by atoms with E-state index in [2.05, 4.69) is 10.5 Å². The molecule has 0 atom stereocenters. The fraction of sp³-hybridized carbons (Fsp3) is 0.600. The molecule has 1 aromatic heterocycles. The molecule has 1 amide bonds. The molecule has 1 rings (SSSR count). The largest absolute Gasteiger partial charge is 0.409 e. The molecule has 4 N–H and O–H groups in total. The maximum Gasteiger partial charge on any atom is 0.234 e. The molecule has 0 bridgehead atoms. The third-order valence-electron chi connectivity index (χ3n) is 3.61. The Hall–Kier alpha value is -1.56. The quantitative estimate of drug-likeness (QED) is 0.298. The summed E-state index contributed by atoms with van der Waals surface area (Å²) < 4.78 is 0. The number of rotatable bonds is 8. The van der Waals surface area contributed by atoms with E-state index in [0.29, 0.717) is 19.4 Å². The number of nitrogens with one attached hydrogen (secondary N) is 1. The van der Waals surface area contributed by atoms with Gasteiger partial charge in [0.1, 0.15) is 5.41 Å². The van der Waals surface area contributed by atoms with Gasteiger partial charge >= 0.3 is 0 Å². The Morgan fingerprint density at radius 3 is 2.43 bits per heavy atom. The summed E-state index contributed by atoms with van der Waals surface area (Å²) in [5, 5.41) is 15.1. The standard InChI is InChI=1S/C15H25N3O2S/c1-4-8-15(9-5-2,13(16)18-20)14(19)17-10-12-7-6-11(3)21-12/h6-7,20H,4-5,8-10H2,1-3H3,(H2,16,18)(H,17,19). The van der Waals surface area contributed by atoms with Crippen LogP contribution in [-0.4, -0.2) is 17.0 Å². The van der Waals surface area contributed by atoms with Crippen LogP contribution < -0.4 is 11.1 Å². The Kier molecular flexibility index (Phi) is 6.68. The van der Waals surface area contributed by atoms with Crippen LogP contribution in [0.1, 0.15) is 49.3 Å². The van der Waals surface area contributed by atoms with Gasteiger partial charge in [-0.2, -0.15) is 0 Å². The number of carbonyl (C=O) groups excluding carboxylic acids is 1. The number of thiophene rings is 1. The number of amidine groups is 1. The van der Waals surface area contributed by atoms with Crippen LogP contribution in [0.3, 0.4) is 0 Å². The molecule has 1 aromatic rings. The van der Waals surface area contributed by atoms with E-state index in [1.54, 1.807) is 11.3 Å². The number of oxime groups is 1. The zero-order chi connectivity index (χ0) is 15.9. The van der Waals surface area contributed by atoms with Crippen molar-refractivity contribution in [2.24, 2.45) is 16.3 Å². The molecule has 0 radical (unpaired) electrons. The number of amides is 1. The van der Waals surface area contributed by atoms with E-state index in [0.717, 1.165) is 17.7 Å². The second-order valence-corrected chi connectivity index (χ2v) is 6.63. The summed E-state index contributed by atoms with van der Waals surface area (Å²) in [4.78, 5) is 15.0. The van der Waals surface area contributed by atoms with Crippen LogP contribution in [0.2, 0.25) is 0 Å². The summed E-state index contributed by atoms with van der Waals surface area (Å²) in [5.74, 6) is -0.154. The molecule has 0 unspecified atom stereocenters. The van der Waals surface area contributed by atoms with Crippen LogP contribution in [0.15, 0.2) is 17.3 Å². The smallest absolute Gasteiger partial charge is 0.234 e. The third kappa shape index (κ3) is 4.20. The maximum atomic E-state index is 12.6. The molecular weight excluding hydrogens is 286 g/mol. The first-order chi connectivity index (χ1) is 10.00. The highest BCUT2D eigenvalue weighted by Crippen LogP contribution is 2.31. The molecule has 5 nitrogen and oxygen atoms in total. The third-order valence-corrected chi connectivity index (χ3v) is 4.61. The van der Waals surface area contributed by atoms with Crippen LogP contribution in [0.5, 0.6) is 0 Å². The van der Waals surface area contributed by atoms with Crippen molar-refractivity contribution in [2.45, 2.75) is 53.0 Å². The second-order valence-electron chi connectivity index (χ2n) is 5.26. The lowest BCUT2D eigenvalue weighted by atomic mass is 9.77. The highest BCUT2D eigenvalue weighted by molar-refractivity contribution is 7.11. The van der Waals surface area contributed by atoms with Crippen molar-refractivity contribution in [1.29, 1.82) is 0 Å². The summed E-state index contributed by atoms with van der Waals surface area (Å²) in [6.07, 6.45) is 2.74. The predicted molar refractivity (Wildman–Crippen MR) is 86.6 cm³/mol. The molecule has 0 fully saturated rings. The van der Waals surface area contributed by atoms with Gasteiger partial charge in [-0.15, -0.1) is 11.3 Å². The van der Waals surface area contributed by atoms with E-state index < -0.39 is 5.41 Å². The summed E-state index contributed by atoms with van der Waals surface area (Å²) >= 11 is 1.66. The molecule has 0 aliphatic heterocycles. The van der Waals surface area contributed by atoms with Crippen molar-refractivity contribution in [3.05, 3.63) is 21.9 Å². The molecule has 0 aromatic carbocycles. The van der Waals surface area contributed by atoms with Crippen molar-refractivity contribution < 1.29 is 10.0 Å². The van der Waals surface area contributed by atoms with E-state index in [4.69, 9.17) is 10.9 Å². The fourth-order valence-corrected chi connectivity index (χ4v) is 3.42. The second kappa shape index (κ2) is 8.02. The summed E-state index contributed by atoms with van der Waals surface area (Å²) in [5.41, 5.74) is 4.93. The van der Waals surface area contributed by atoms with E-state index >= 15 is 0 Å². The first-order valence-corrected chi connectivity index (χ1v) is 8.13. The predicted octanol–water partition coefficient (Wildman–Crippen LogP) is 3.01. The van der Waals surface area contributed by atoms with E-state index in [9.17, 15) is 4.79 Å². The fourth-order valence-electron chi connectivity index (χ4n) is 2.59. The molecule has 0 saturated heterocycles. The Labute approximate surface area is 130 Å². The normalized spacial score (nSPS) is 12.4. The lowest BCUT2D eigenvalue weighted by Crippen LogP contribution is -2.49. The van der Waals surface area contributed by atoms with Gasteiger partial charge in [0, 0.05) is 9.75 Å². The Morgan fingerprint density at radius 2 is 2.00 bits per heavy atom. The molecule has 21 heavy (non-hydrogen) atoms. The molecule has 118 valence electrons. The molecule has 0 aliphatic carbocycles. The Bertz CT molecular complexity index is 491. The Balaban J connectivity index is 2.88. The van der Waals surface area contributed by atoms with Crippen LogP contribution in [-0.2, 0) is 11.3 Å². The van der Waals surface area contributed by atoms with Crippen molar-refractivity contribution >= 4 is 23.1 Å². The number of aryl methyl sites for hydroxylation is 1. The minimum atomic E-state index is -0.912. The van der Waals surface area contributed by atoms with Gasteiger partial charge in [-0.3, -0.25) is 4.79 Å². The van der Waals surface area contributed by atoms with Crippen molar-refractivity contribution in [1.82, 2.24) is 5.32 Å². The van der Waals surface area contributed by atoms with Gasteiger partial charge in [0.05, 0.1) is 6.54 Å². The van der Waals surface area contributed by atoms with Crippen molar-refractivity contribution in [2.75, 3.05) is 0 Å². The van der Waals surface area contributed by atoms with E-state index in [1.807, 2.05) is 32.9 Å². The number of hydrogen-bond acceptors (Lipinski definition) is 4. The SMILES string of the molecule is CCCC(CCC)(C(=O)NCc1ccc(C)s1)C(N)=NO. The van der Waals surface area contributed by atoms with Gasteiger partial charge in [-0.25, -0.2) is 0 Å². The highest BCUT2D eigenvalue weighted by atomic mass is 32.1. The van der Waals surface area contributed by atoms with Crippen LogP contribution in [0.25, 0.3) is 0 Å². The average molecular weight is 311 g/mol. The summed E-state index contributed by atoms with van der Waals surface area (Å²) in [6.45, 7) is 6.49. The molecule has 6 heteroatoms. The number of nitrogens with two attached hydrogens (primary N) is 1. The first-order valence-electron chi connectivity index (χ1n) is 7.31. The van der Waals surface area contributed by atoms with Crippen LogP contribution in [0.4, 0.5) is 0 Å². The van der Waals surface area contributed by atoms with E-state index in [-0.39, 0.29) is 11.7 Å². The lowest BCUT2D eigenvalue weighted by Gasteiger charge is -2.30. The maximum absolute atomic E-state index is 12.6. The molecule has 0 spiro atoms. The Morgan fingerprint density at radius 1 is 1.38 bits per heavy atom. The topological polar surface area (TPSA) is 87.7 Å².